The van der Waals surface area contributed by atoms with E-state index in [4.69, 9.17) is 4.74 Å². The van der Waals surface area contributed by atoms with Gasteiger partial charge in [-0.25, -0.2) is 9.97 Å². The van der Waals surface area contributed by atoms with Crippen LogP contribution in [0.15, 0.2) is 55.2 Å². The highest BCUT2D eigenvalue weighted by molar-refractivity contribution is 5.87. The number of rotatable bonds is 4. The third-order valence-electron chi connectivity index (χ3n) is 5.98. The lowest BCUT2D eigenvalue weighted by Crippen LogP contribution is -2.43. The second-order valence-electron chi connectivity index (χ2n) is 8.33. The third-order valence-corrected chi connectivity index (χ3v) is 5.98. The number of anilines is 2. The maximum atomic E-state index is 13.7. The average Bonchev–Trinajstić information content (AvgIpc) is 3.30. The summed E-state index contributed by atoms with van der Waals surface area (Å²) < 4.78 is 86.7. The van der Waals surface area contributed by atoms with Crippen molar-refractivity contribution in [2.75, 3.05) is 18.1 Å². The minimum Gasteiger partial charge on any atom is -0.488 e. The van der Waals surface area contributed by atoms with Gasteiger partial charge < -0.3 is 19.7 Å². The molecule has 2 N–H and O–H groups in total. The molecule has 4 aromatic rings. The molecule has 0 fully saturated rings. The molecule has 0 bridgehead atoms. The first-order valence-electron chi connectivity index (χ1n) is 10.9. The van der Waals surface area contributed by atoms with Crippen LogP contribution in [0, 0.1) is 0 Å². The molecule has 0 radical (unpaired) electrons. The predicted octanol–water partition coefficient (Wildman–Crippen LogP) is 6.20. The number of hydrogen-bond acceptors (Lipinski definition) is 5. The Morgan fingerprint density at radius 1 is 1.11 bits per heavy atom. The summed E-state index contributed by atoms with van der Waals surface area (Å²) >= 11 is 0. The van der Waals surface area contributed by atoms with E-state index in [1.54, 1.807) is 41.4 Å². The topological polar surface area (TPSA) is 74.3 Å². The Morgan fingerprint density at radius 2 is 1.89 bits per heavy atom. The fourth-order valence-electron chi connectivity index (χ4n) is 4.23. The van der Waals surface area contributed by atoms with Gasteiger partial charge in [0.1, 0.15) is 23.8 Å². The van der Waals surface area contributed by atoms with Gasteiger partial charge in [-0.1, -0.05) is 18.7 Å². The lowest BCUT2D eigenvalue weighted by molar-refractivity contribution is -0.142. The van der Waals surface area contributed by atoms with Gasteiger partial charge >= 0.3 is 12.4 Å². The summed E-state index contributed by atoms with van der Waals surface area (Å²) in [6.07, 6.45) is -6.84. The van der Waals surface area contributed by atoms with E-state index in [0.717, 1.165) is 5.56 Å². The highest BCUT2D eigenvalue weighted by Crippen LogP contribution is 2.45. The predicted molar refractivity (Wildman–Crippen MR) is 124 cm³/mol. The van der Waals surface area contributed by atoms with E-state index in [-0.39, 0.29) is 36.4 Å². The fraction of sp³-hybridized carbons (Fsp3) is 0.200. The monoisotopic (exact) mass is 520 g/mol. The number of fused-ring (bicyclic) bond motifs is 2. The molecule has 37 heavy (non-hydrogen) atoms. The second kappa shape index (κ2) is 8.80. The Labute approximate surface area is 205 Å². The summed E-state index contributed by atoms with van der Waals surface area (Å²) in [5.41, 5.74) is -2.55. The van der Waals surface area contributed by atoms with E-state index in [9.17, 15) is 31.4 Å². The first-order chi connectivity index (χ1) is 17.5. The molecule has 2 aromatic heterocycles. The number of alkyl halides is 6. The summed E-state index contributed by atoms with van der Waals surface area (Å²) in [6.45, 7) is 3.41. The first kappa shape index (κ1) is 24.6. The lowest BCUT2D eigenvalue weighted by Gasteiger charge is -2.37. The number of pyridine rings is 1. The molecule has 1 unspecified atom stereocenters. The van der Waals surface area contributed by atoms with Crippen LogP contribution in [0.2, 0.25) is 0 Å². The normalized spacial score (nSPS) is 16.0. The number of aliphatic hydroxyl groups is 1. The molecule has 0 spiro atoms. The number of ether oxygens (including phenoxy) is 1. The van der Waals surface area contributed by atoms with Gasteiger partial charge in [0.15, 0.2) is 5.75 Å². The number of hydrogen-bond donors (Lipinski definition) is 2. The van der Waals surface area contributed by atoms with Crippen molar-refractivity contribution in [1.82, 2.24) is 15.0 Å². The van der Waals surface area contributed by atoms with Crippen LogP contribution in [0.25, 0.3) is 28.5 Å². The van der Waals surface area contributed by atoms with Gasteiger partial charge in [-0.15, -0.1) is 0 Å². The third kappa shape index (κ3) is 4.37. The fourth-order valence-corrected chi connectivity index (χ4v) is 4.23. The molecule has 192 valence electrons. The van der Waals surface area contributed by atoms with Gasteiger partial charge in [0.25, 0.3) is 0 Å². The lowest BCUT2D eigenvalue weighted by atomic mass is 10.1. The number of nitrogens with zero attached hydrogens (tertiary/aromatic N) is 3. The maximum absolute atomic E-state index is 13.7. The van der Waals surface area contributed by atoms with Crippen LogP contribution in [0.1, 0.15) is 16.7 Å². The van der Waals surface area contributed by atoms with Crippen molar-refractivity contribution in [3.8, 4) is 17.1 Å². The zero-order valence-electron chi connectivity index (χ0n) is 18.9. The summed E-state index contributed by atoms with van der Waals surface area (Å²) in [4.78, 5) is 12.8. The molecule has 5 rings (SSSR count). The van der Waals surface area contributed by atoms with Crippen LogP contribution in [-0.4, -0.2) is 39.3 Å². The number of halogens is 6. The van der Waals surface area contributed by atoms with Crippen molar-refractivity contribution >= 4 is 28.6 Å². The summed E-state index contributed by atoms with van der Waals surface area (Å²) in [5, 5.41) is 9.95. The van der Waals surface area contributed by atoms with Crippen LogP contribution in [0.4, 0.5) is 37.8 Å². The van der Waals surface area contributed by atoms with Crippen molar-refractivity contribution in [3.05, 3.63) is 71.9 Å². The number of nitrogens with one attached hydrogen (secondary N) is 1. The molecule has 1 aliphatic rings. The van der Waals surface area contributed by atoms with E-state index in [2.05, 4.69) is 21.5 Å². The highest BCUT2D eigenvalue weighted by atomic mass is 19.4. The Hall–Kier alpha value is -4.06. The summed E-state index contributed by atoms with van der Waals surface area (Å²) in [7, 11) is 0. The molecule has 0 amide bonds. The zero-order chi connectivity index (χ0) is 26.5. The Morgan fingerprint density at radius 3 is 2.51 bits per heavy atom. The number of para-hydroxylation sites is 1. The molecule has 0 saturated heterocycles. The number of aromatic amines is 1. The van der Waals surface area contributed by atoms with E-state index < -0.39 is 40.6 Å². The molecule has 6 nitrogen and oxygen atoms in total. The van der Waals surface area contributed by atoms with Crippen molar-refractivity contribution in [2.45, 2.75) is 18.4 Å². The minimum atomic E-state index is -5.06. The summed E-state index contributed by atoms with van der Waals surface area (Å²) in [6, 6.07) is 8.42. The van der Waals surface area contributed by atoms with Gasteiger partial charge in [-0.3, -0.25) is 0 Å². The molecule has 2 aromatic carbocycles. The van der Waals surface area contributed by atoms with Gasteiger partial charge in [-0.2, -0.15) is 26.3 Å². The van der Waals surface area contributed by atoms with Gasteiger partial charge in [0.05, 0.1) is 40.5 Å². The molecule has 1 aliphatic heterocycles. The van der Waals surface area contributed by atoms with Crippen molar-refractivity contribution in [1.29, 1.82) is 0 Å². The second-order valence-corrected chi connectivity index (χ2v) is 8.33. The minimum absolute atomic E-state index is 0.0116. The van der Waals surface area contributed by atoms with Crippen molar-refractivity contribution < 1.29 is 36.2 Å². The highest BCUT2D eigenvalue weighted by Gasteiger charge is 2.39. The SMILES string of the molecule is C=Cc1ccc(N2c3cccc(-c4nc5c(C(F)(F)F)cc(C(F)(F)F)cc5[nH]4)c3OCC2CO)nc1. The Kier molecular flexibility index (Phi) is 5.86. The number of imidazole rings is 1. The number of H-pyrrole nitrogens is 1. The van der Waals surface area contributed by atoms with E-state index in [1.165, 1.54) is 6.07 Å². The Balaban J connectivity index is 1.67. The maximum Gasteiger partial charge on any atom is 0.418 e. The van der Waals surface area contributed by atoms with E-state index >= 15 is 0 Å². The average molecular weight is 520 g/mol. The van der Waals surface area contributed by atoms with Crippen molar-refractivity contribution in [3.63, 3.8) is 0 Å². The van der Waals surface area contributed by atoms with E-state index in [0.29, 0.717) is 17.6 Å². The van der Waals surface area contributed by atoms with Crippen LogP contribution in [0.3, 0.4) is 0 Å². The van der Waals surface area contributed by atoms with Crippen LogP contribution in [-0.2, 0) is 12.4 Å². The molecule has 3 heterocycles. The Bertz CT molecular complexity index is 1480. The summed E-state index contributed by atoms with van der Waals surface area (Å²) in [5.74, 6) is 0.602. The van der Waals surface area contributed by atoms with Gasteiger partial charge in [-0.05, 0) is 42.0 Å². The molecule has 0 aliphatic carbocycles. The quantitative estimate of drug-likeness (QED) is 0.314. The van der Waals surface area contributed by atoms with Gasteiger partial charge in [0, 0.05) is 6.20 Å². The molecular formula is C25H18F6N4O2. The number of benzene rings is 2. The smallest absolute Gasteiger partial charge is 0.418 e. The molecule has 0 saturated carbocycles. The first-order valence-corrected chi connectivity index (χ1v) is 10.9. The van der Waals surface area contributed by atoms with Crippen LogP contribution < -0.4 is 9.64 Å². The van der Waals surface area contributed by atoms with E-state index in [1.807, 2.05) is 0 Å². The number of aliphatic hydroxyl groups excluding tert-OH is 1. The van der Waals surface area contributed by atoms with Gasteiger partial charge in [0.2, 0.25) is 0 Å². The number of aromatic nitrogens is 3. The van der Waals surface area contributed by atoms with Crippen LogP contribution in [0.5, 0.6) is 5.75 Å². The van der Waals surface area contributed by atoms with Crippen molar-refractivity contribution in [2.24, 2.45) is 0 Å². The largest absolute Gasteiger partial charge is 0.488 e. The van der Waals surface area contributed by atoms with Crippen LogP contribution >= 0.6 is 0 Å². The molecular weight excluding hydrogens is 502 g/mol. The zero-order valence-corrected chi connectivity index (χ0v) is 18.9. The standard InChI is InChI=1S/C25H18F6N4O2/c1-2-13-6-7-20(32-10-13)35-15(11-36)12-37-22-16(4-3-5-19(22)35)23-33-18-9-14(24(26,27)28)8-17(21(18)34-23)25(29,30)31/h2-10,15,36H,1,11-12H2,(H,33,34). The molecule has 1 atom stereocenters. The molecule has 12 heteroatoms.